The minimum Gasteiger partial charge on any atom is -0.306 e. The predicted octanol–water partition coefficient (Wildman–Crippen LogP) is 3.38. The Labute approximate surface area is 105 Å². The number of benzene rings is 1. The summed E-state index contributed by atoms with van der Waals surface area (Å²) < 4.78 is 2.00. The Bertz CT molecular complexity index is 513. The topological polar surface area (TPSA) is 46.9 Å². The summed E-state index contributed by atoms with van der Waals surface area (Å²) in [6.07, 6.45) is 4.52. The lowest BCUT2D eigenvalue weighted by molar-refractivity contribution is 0.253. The minimum absolute atomic E-state index is 0.291. The lowest BCUT2D eigenvalue weighted by Gasteiger charge is -2.08. The maximum atomic E-state index is 11.7. The molecule has 16 heavy (non-hydrogen) atoms. The molecule has 82 valence electrons. The van der Waals surface area contributed by atoms with Gasteiger partial charge in [0.25, 0.3) is 0 Å². The van der Waals surface area contributed by atoms with Gasteiger partial charge in [-0.3, -0.25) is 4.57 Å². The molecule has 4 nitrogen and oxygen atoms in total. The van der Waals surface area contributed by atoms with Crippen LogP contribution in [0.5, 0.6) is 0 Å². The average molecular weight is 301 g/mol. The van der Waals surface area contributed by atoms with Crippen LogP contribution in [0.1, 0.15) is 0 Å². The van der Waals surface area contributed by atoms with Gasteiger partial charge in [0.15, 0.2) is 0 Å². The number of hydrogen-bond acceptors (Lipinski definition) is 2. The summed E-state index contributed by atoms with van der Waals surface area (Å²) in [5, 5.41) is 3.25. The lowest BCUT2D eigenvalue weighted by atomic mass is 10.3. The molecule has 0 bridgehead atoms. The van der Waals surface area contributed by atoms with Crippen LogP contribution in [-0.4, -0.2) is 15.6 Å². The number of halogens is 2. The number of nitrogens with zero attached hydrogens (tertiary/aromatic N) is 2. The summed E-state index contributed by atoms with van der Waals surface area (Å²) in [4.78, 5) is 15.5. The zero-order valence-electron chi connectivity index (χ0n) is 8.02. The van der Waals surface area contributed by atoms with Crippen LogP contribution in [0.25, 0.3) is 0 Å². The normalized spacial score (nSPS) is 10.1. The molecule has 0 radical (unpaired) electrons. The second kappa shape index (κ2) is 4.67. The van der Waals surface area contributed by atoms with E-state index < -0.39 is 0 Å². The average Bonchev–Trinajstić information content (AvgIpc) is 2.78. The Hall–Kier alpha value is -1.33. The molecule has 0 saturated carbocycles. The van der Waals surface area contributed by atoms with Crippen LogP contribution in [0.4, 0.5) is 10.5 Å². The highest BCUT2D eigenvalue weighted by atomic mass is 79.9. The number of nitrogens with one attached hydrogen (secondary N) is 1. The number of carbonyl (C=O) groups excluding carboxylic acids is 1. The van der Waals surface area contributed by atoms with Crippen molar-refractivity contribution in [3.8, 4) is 0 Å². The smallest absolute Gasteiger partial charge is 0.306 e. The maximum Gasteiger partial charge on any atom is 0.331 e. The van der Waals surface area contributed by atoms with Gasteiger partial charge >= 0.3 is 6.03 Å². The molecule has 0 saturated heterocycles. The number of hydrogen-bond donors (Lipinski definition) is 1. The van der Waals surface area contributed by atoms with E-state index in [2.05, 4.69) is 26.2 Å². The first-order chi connectivity index (χ1) is 7.68. The number of rotatable bonds is 1. The van der Waals surface area contributed by atoms with Crippen molar-refractivity contribution in [2.45, 2.75) is 0 Å². The second-order valence-electron chi connectivity index (χ2n) is 3.00. The van der Waals surface area contributed by atoms with Gasteiger partial charge in [-0.15, -0.1) is 0 Å². The second-order valence-corrected chi connectivity index (χ2v) is 4.20. The molecular formula is C10H7BrClN3O. The Balaban J connectivity index is 2.22. The van der Waals surface area contributed by atoms with Gasteiger partial charge in [0, 0.05) is 12.4 Å². The Morgan fingerprint density at radius 2 is 2.31 bits per heavy atom. The van der Waals surface area contributed by atoms with Crippen molar-refractivity contribution < 1.29 is 4.79 Å². The molecule has 0 fully saturated rings. The van der Waals surface area contributed by atoms with E-state index in [0.29, 0.717) is 15.2 Å². The molecule has 0 aliphatic heterocycles. The van der Waals surface area contributed by atoms with Crippen LogP contribution >= 0.6 is 27.5 Å². The predicted molar refractivity (Wildman–Crippen MR) is 65.8 cm³/mol. The molecule has 0 aliphatic carbocycles. The van der Waals surface area contributed by atoms with Gasteiger partial charge in [0.1, 0.15) is 6.33 Å². The summed E-state index contributed by atoms with van der Waals surface area (Å²) in [6, 6.07) is 4.96. The van der Waals surface area contributed by atoms with Gasteiger partial charge in [-0.1, -0.05) is 17.7 Å². The highest BCUT2D eigenvalue weighted by molar-refractivity contribution is 9.10. The molecule has 0 atom stereocenters. The number of aromatic nitrogens is 2. The zero-order chi connectivity index (χ0) is 11.5. The van der Waals surface area contributed by atoms with E-state index in [0.717, 1.165) is 0 Å². The zero-order valence-corrected chi connectivity index (χ0v) is 10.4. The summed E-state index contributed by atoms with van der Waals surface area (Å²) in [6.45, 7) is 0. The first-order valence-corrected chi connectivity index (χ1v) is 5.59. The third kappa shape index (κ3) is 2.25. The Kier molecular flexibility index (Phi) is 3.26. The van der Waals surface area contributed by atoms with Gasteiger partial charge in [0.05, 0.1) is 15.2 Å². The fourth-order valence-electron chi connectivity index (χ4n) is 1.16. The first-order valence-electron chi connectivity index (χ1n) is 4.42. The van der Waals surface area contributed by atoms with Gasteiger partial charge < -0.3 is 5.32 Å². The minimum atomic E-state index is -0.291. The highest BCUT2D eigenvalue weighted by Crippen LogP contribution is 2.29. The van der Waals surface area contributed by atoms with Crippen LogP contribution in [0.3, 0.4) is 0 Å². The van der Waals surface area contributed by atoms with Crippen molar-refractivity contribution in [2.75, 3.05) is 5.32 Å². The lowest BCUT2D eigenvalue weighted by Crippen LogP contribution is -2.17. The third-order valence-electron chi connectivity index (χ3n) is 1.93. The van der Waals surface area contributed by atoms with Crippen molar-refractivity contribution in [1.82, 2.24) is 9.55 Å². The molecule has 6 heteroatoms. The molecule has 2 rings (SSSR count). The summed E-state index contributed by atoms with van der Waals surface area (Å²) >= 11 is 9.21. The molecule has 1 amide bonds. The standard InChI is InChI=1S/C10H7BrClN3O/c11-9-7(12)2-1-3-8(9)14-10(16)15-5-4-13-6-15/h1-6H,(H,14,16). The van der Waals surface area contributed by atoms with E-state index in [1.54, 1.807) is 24.4 Å². The van der Waals surface area contributed by atoms with E-state index in [9.17, 15) is 4.79 Å². The number of imidazole rings is 1. The number of carbonyl (C=O) groups is 1. The fraction of sp³-hybridized carbons (Fsp3) is 0. The number of amides is 1. The van der Waals surface area contributed by atoms with Crippen molar-refractivity contribution in [2.24, 2.45) is 0 Å². The van der Waals surface area contributed by atoms with Crippen molar-refractivity contribution >= 4 is 39.2 Å². The fourth-order valence-corrected chi connectivity index (χ4v) is 1.70. The summed E-state index contributed by atoms with van der Waals surface area (Å²) in [5.74, 6) is 0. The molecule has 2 aromatic rings. The quantitative estimate of drug-likeness (QED) is 0.877. The molecule has 1 aromatic heterocycles. The van der Waals surface area contributed by atoms with Crippen LogP contribution in [0, 0.1) is 0 Å². The molecular weight excluding hydrogens is 293 g/mol. The maximum absolute atomic E-state index is 11.7. The van der Waals surface area contributed by atoms with Gasteiger partial charge in [-0.05, 0) is 28.1 Å². The van der Waals surface area contributed by atoms with Gasteiger partial charge in [-0.25, -0.2) is 9.78 Å². The van der Waals surface area contributed by atoms with E-state index in [4.69, 9.17) is 11.6 Å². The van der Waals surface area contributed by atoms with Crippen molar-refractivity contribution in [1.29, 1.82) is 0 Å². The molecule has 0 spiro atoms. The van der Waals surface area contributed by atoms with E-state index >= 15 is 0 Å². The van der Waals surface area contributed by atoms with Crippen LogP contribution in [-0.2, 0) is 0 Å². The summed E-state index contributed by atoms with van der Waals surface area (Å²) in [5.41, 5.74) is 0.617. The largest absolute Gasteiger partial charge is 0.331 e. The number of anilines is 1. The Morgan fingerprint density at radius 1 is 1.50 bits per heavy atom. The van der Waals surface area contributed by atoms with Gasteiger partial charge in [-0.2, -0.15) is 0 Å². The monoisotopic (exact) mass is 299 g/mol. The first kappa shape index (κ1) is 11.2. The van der Waals surface area contributed by atoms with Crippen molar-refractivity contribution in [3.05, 3.63) is 46.4 Å². The highest BCUT2D eigenvalue weighted by Gasteiger charge is 2.08. The van der Waals surface area contributed by atoms with E-state index in [-0.39, 0.29) is 6.03 Å². The molecule has 0 unspecified atom stereocenters. The molecule has 1 heterocycles. The van der Waals surface area contributed by atoms with Gasteiger partial charge in [0.2, 0.25) is 0 Å². The van der Waals surface area contributed by atoms with Crippen LogP contribution in [0.15, 0.2) is 41.4 Å². The summed E-state index contributed by atoms with van der Waals surface area (Å²) in [7, 11) is 0. The van der Waals surface area contributed by atoms with E-state index in [1.165, 1.54) is 17.1 Å². The Morgan fingerprint density at radius 3 is 3.00 bits per heavy atom. The molecule has 1 aromatic carbocycles. The van der Waals surface area contributed by atoms with Crippen molar-refractivity contribution in [3.63, 3.8) is 0 Å². The molecule has 1 N–H and O–H groups in total. The third-order valence-corrected chi connectivity index (χ3v) is 3.33. The molecule has 0 aliphatic rings. The van der Waals surface area contributed by atoms with E-state index in [1.807, 2.05) is 0 Å². The van der Waals surface area contributed by atoms with Crippen LogP contribution < -0.4 is 5.32 Å². The van der Waals surface area contributed by atoms with Crippen LogP contribution in [0.2, 0.25) is 5.02 Å². The SMILES string of the molecule is O=C(Nc1cccc(Cl)c1Br)n1ccnc1.